The Hall–Kier alpha value is -2.83. The summed E-state index contributed by atoms with van der Waals surface area (Å²) in [5, 5.41) is 3.41. The number of nitrogens with one attached hydrogen (secondary N) is 1. The zero-order valence-corrected chi connectivity index (χ0v) is 18.8. The Morgan fingerprint density at radius 1 is 0.900 bits per heavy atom. The SMILES string of the molecule is Cc1cc(C)c(NC(=O)c2ccc(N(C)S(=O)(=O)c3ccc(Cl)cc3)cc2)c(C)c1. The van der Waals surface area contributed by atoms with Crippen LogP contribution in [0.15, 0.2) is 65.6 Å². The van der Waals surface area contributed by atoms with E-state index in [-0.39, 0.29) is 10.8 Å². The molecule has 0 fully saturated rings. The highest BCUT2D eigenvalue weighted by molar-refractivity contribution is 7.92. The number of amides is 1. The fourth-order valence-electron chi connectivity index (χ4n) is 3.29. The van der Waals surface area contributed by atoms with Crippen LogP contribution in [0, 0.1) is 20.8 Å². The molecule has 0 aliphatic rings. The summed E-state index contributed by atoms with van der Waals surface area (Å²) in [5.41, 5.74) is 4.80. The minimum atomic E-state index is -3.73. The molecule has 1 N–H and O–H groups in total. The maximum atomic E-state index is 12.8. The normalized spacial score (nSPS) is 11.2. The van der Waals surface area contributed by atoms with Gasteiger partial charge in [-0.2, -0.15) is 0 Å². The summed E-state index contributed by atoms with van der Waals surface area (Å²) in [5.74, 6) is -0.250. The minimum Gasteiger partial charge on any atom is -0.322 e. The molecule has 0 unspecified atom stereocenters. The van der Waals surface area contributed by atoms with Crippen molar-refractivity contribution in [1.82, 2.24) is 0 Å². The van der Waals surface area contributed by atoms with Crippen LogP contribution in [0.25, 0.3) is 0 Å². The van der Waals surface area contributed by atoms with E-state index in [4.69, 9.17) is 11.6 Å². The molecule has 0 aliphatic heterocycles. The summed E-state index contributed by atoms with van der Waals surface area (Å²) in [6.45, 7) is 5.92. The van der Waals surface area contributed by atoms with E-state index >= 15 is 0 Å². The number of carbonyl (C=O) groups is 1. The summed E-state index contributed by atoms with van der Waals surface area (Å²) >= 11 is 5.84. The molecule has 30 heavy (non-hydrogen) atoms. The molecule has 0 atom stereocenters. The standard InChI is InChI=1S/C23H23ClN2O3S/c1-15-13-16(2)22(17(3)14-15)25-23(27)18-5-9-20(10-6-18)26(4)30(28,29)21-11-7-19(24)8-12-21/h5-14H,1-4H3,(H,25,27). The second-order valence-electron chi connectivity index (χ2n) is 7.20. The fraction of sp³-hybridized carbons (Fsp3) is 0.174. The molecule has 0 bridgehead atoms. The maximum absolute atomic E-state index is 12.8. The van der Waals surface area contributed by atoms with Crippen LogP contribution in [0.5, 0.6) is 0 Å². The molecule has 0 saturated carbocycles. The van der Waals surface area contributed by atoms with Crippen molar-refractivity contribution in [3.8, 4) is 0 Å². The highest BCUT2D eigenvalue weighted by atomic mass is 35.5. The van der Waals surface area contributed by atoms with Crippen LogP contribution < -0.4 is 9.62 Å². The number of rotatable bonds is 5. The van der Waals surface area contributed by atoms with E-state index in [1.54, 1.807) is 24.3 Å². The number of sulfonamides is 1. The summed E-state index contributed by atoms with van der Waals surface area (Å²) in [6, 6.07) is 16.5. The predicted molar refractivity (Wildman–Crippen MR) is 122 cm³/mol. The monoisotopic (exact) mass is 442 g/mol. The van der Waals surface area contributed by atoms with E-state index in [1.165, 1.54) is 35.6 Å². The van der Waals surface area contributed by atoms with Gasteiger partial charge in [-0.05, 0) is 80.4 Å². The first kappa shape index (κ1) is 21.9. The molecule has 7 heteroatoms. The number of benzene rings is 3. The van der Waals surface area contributed by atoms with Crippen LogP contribution in [0.3, 0.4) is 0 Å². The molecule has 0 saturated heterocycles. The van der Waals surface area contributed by atoms with Gasteiger partial charge >= 0.3 is 0 Å². The van der Waals surface area contributed by atoms with Crippen molar-refractivity contribution in [1.29, 1.82) is 0 Å². The third-order valence-corrected chi connectivity index (χ3v) is 6.93. The van der Waals surface area contributed by atoms with Gasteiger partial charge in [0.15, 0.2) is 0 Å². The van der Waals surface area contributed by atoms with E-state index in [0.29, 0.717) is 16.3 Å². The molecular formula is C23H23ClN2O3S. The van der Waals surface area contributed by atoms with Gasteiger partial charge in [0.05, 0.1) is 10.6 Å². The van der Waals surface area contributed by atoms with Gasteiger partial charge < -0.3 is 5.32 Å². The number of carbonyl (C=O) groups excluding carboxylic acids is 1. The van der Waals surface area contributed by atoms with Crippen molar-refractivity contribution in [2.24, 2.45) is 0 Å². The van der Waals surface area contributed by atoms with Crippen LogP contribution in [0.1, 0.15) is 27.0 Å². The Bertz CT molecular complexity index is 1170. The first-order valence-corrected chi connectivity index (χ1v) is 11.1. The van der Waals surface area contributed by atoms with Gasteiger partial charge in [0.1, 0.15) is 0 Å². The van der Waals surface area contributed by atoms with Gasteiger partial charge in [-0.1, -0.05) is 29.3 Å². The molecule has 0 aliphatic carbocycles. The summed E-state index contributed by atoms with van der Waals surface area (Å²) < 4.78 is 26.8. The molecule has 0 aromatic heterocycles. The van der Waals surface area contributed by atoms with E-state index in [2.05, 4.69) is 5.32 Å². The van der Waals surface area contributed by atoms with E-state index in [1.807, 2.05) is 32.9 Å². The highest BCUT2D eigenvalue weighted by Crippen LogP contribution is 2.25. The third kappa shape index (κ3) is 4.50. The lowest BCUT2D eigenvalue weighted by Crippen LogP contribution is -2.26. The van der Waals surface area contributed by atoms with Crippen LogP contribution in [0.2, 0.25) is 5.02 Å². The average molecular weight is 443 g/mol. The molecule has 5 nitrogen and oxygen atoms in total. The van der Waals surface area contributed by atoms with Crippen molar-refractivity contribution < 1.29 is 13.2 Å². The first-order chi connectivity index (χ1) is 14.1. The minimum absolute atomic E-state index is 0.140. The summed E-state index contributed by atoms with van der Waals surface area (Å²) in [6.07, 6.45) is 0. The summed E-state index contributed by atoms with van der Waals surface area (Å²) in [7, 11) is -2.26. The van der Waals surface area contributed by atoms with Crippen LogP contribution in [-0.2, 0) is 10.0 Å². The lowest BCUT2D eigenvalue weighted by molar-refractivity contribution is 0.102. The smallest absolute Gasteiger partial charge is 0.264 e. The molecular weight excluding hydrogens is 420 g/mol. The fourth-order valence-corrected chi connectivity index (χ4v) is 4.61. The summed E-state index contributed by atoms with van der Waals surface area (Å²) in [4.78, 5) is 12.8. The van der Waals surface area contributed by atoms with Crippen LogP contribution in [-0.4, -0.2) is 21.4 Å². The van der Waals surface area contributed by atoms with Crippen molar-refractivity contribution in [3.05, 3.63) is 87.9 Å². The Labute approximate surface area is 182 Å². The van der Waals surface area contributed by atoms with Gasteiger partial charge in [-0.15, -0.1) is 0 Å². The maximum Gasteiger partial charge on any atom is 0.264 e. The van der Waals surface area contributed by atoms with Crippen LogP contribution in [0.4, 0.5) is 11.4 Å². The number of aryl methyl sites for hydroxylation is 3. The van der Waals surface area contributed by atoms with E-state index in [9.17, 15) is 13.2 Å². The van der Waals surface area contributed by atoms with Crippen molar-refractivity contribution >= 4 is 38.9 Å². The largest absolute Gasteiger partial charge is 0.322 e. The molecule has 0 spiro atoms. The van der Waals surface area contributed by atoms with E-state index in [0.717, 1.165) is 22.4 Å². The number of halogens is 1. The topological polar surface area (TPSA) is 66.5 Å². The van der Waals surface area contributed by atoms with Gasteiger partial charge in [-0.25, -0.2) is 8.42 Å². The number of hydrogen-bond donors (Lipinski definition) is 1. The molecule has 1 amide bonds. The number of anilines is 2. The quantitative estimate of drug-likeness (QED) is 0.579. The molecule has 156 valence electrons. The molecule has 3 aromatic carbocycles. The second kappa shape index (κ2) is 8.50. The predicted octanol–water partition coefficient (Wildman–Crippen LogP) is 5.34. The highest BCUT2D eigenvalue weighted by Gasteiger charge is 2.21. The van der Waals surface area contributed by atoms with Crippen molar-refractivity contribution in [2.75, 3.05) is 16.7 Å². The lowest BCUT2D eigenvalue weighted by atomic mass is 10.0. The number of hydrogen-bond acceptors (Lipinski definition) is 3. The Kier molecular flexibility index (Phi) is 6.19. The van der Waals surface area contributed by atoms with Gasteiger partial charge in [0.2, 0.25) is 0 Å². The van der Waals surface area contributed by atoms with Crippen molar-refractivity contribution in [2.45, 2.75) is 25.7 Å². The molecule has 0 heterocycles. The zero-order chi connectivity index (χ0) is 22.1. The Balaban J connectivity index is 1.80. The van der Waals surface area contributed by atoms with Crippen molar-refractivity contribution in [3.63, 3.8) is 0 Å². The van der Waals surface area contributed by atoms with Gasteiger partial charge in [0.25, 0.3) is 15.9 Å². The number of nitrogens with zero attached hydrogens (tertiary/aromatic N) is 1. The lowest BCUT2D eigenvalue weighted by Gasteiger charge is -2.20. The Morgan fingerprint density at radius 2 is 1.43 bits per heavy atom. The third-order valence-electron chi connectivity index (χ3n) is 4.88. The Morgan fingerprint density at radius 3 is 1.97 bits per heavy atom. The molecule has 3 aromatic rings. The molecule has 0 radical (unpaired) electrons. The van der Waals surface area contributed by atoms with E-state index < -0.39 is 10.0 Å². The van der Waals surface area contributed by atoms with Gasteiger partial charge in [-0.3, -0.25) is 9.10 Å². The molecule has 3 rings (SSSR count). The van der Waals surface area contributed by atoms with Gasteiger partial charge in [0, 0.05) is 23.3 Å². The second-order valence-corrected chi connectivity index (χ2v) is 9.61. The average Bonchev–Trinajstić information content (AvgIpc) is 2.70. The van der Waals surface area contributed by atoms with Crippen LogP contribution >= 0.6 is 11.6 Å². The first-order valence-electron chi connectivity index (χ1n) is 9.33. The zero-order valence-electron chi connectivity index (χ0n) is 17.2.